The van der Waals surface area contributed by atoms with E-state index >= 15 is 0 Å². The molecule has 0 saturated carbocycles. The molecule has 32 heavy (non-hydrogen) atoms. The van der Waals surface area contributed by atoms with E-state index in [0.717, 1.165) is 5.69 Å². The van der Waals surface area contributed by atoms with Crippen LogP contribution in [0.15, 0.2) is 40.2 Å². The van der Waals surface area contributed by atoms with E-state index in [0.29, 0.717) is 21.3 Å². The highest BCUT2D eigenvalue weighted by atomic mass is 32.2. The molecule has 0 aliphatic rings. The van der Waals surface area contributed by atoms with Crippen molar-refractivity contribution in [1.29, 1.82) is 0 Å². The van der Waals surface area contributed by atoms with Gasteiger partial charge in [-0.3, -0.25) is 9.59 Å². The molecule has 0 bridgehead atoms. The van der Waals surface area contributed by atoms with Gasteiger partial charge in [0.2, 0.25) is 5.78 Å². The molecule has 1 aromatic carbocycles. The van der Waals surface area contributed by atoms with Crippen LogP contribution in [-0.2, 0) is 9.53 Å². The Kier molecular flexibility index (Phi) is 7.62. The van der Waals surface area contributed by atoms with Gasteiger partial charge in [-0.05, 0) is 58.0 Å². The van der Waals surface area contributed by atoms with Crippen molar-refractivity contribution in [2.75, 3.05) is 0 Å². The summed E-state index contributed by atoms with van der Waals surface area (Å²) in [6.07, 6.45) is -0.976. The maximum Gasteiger partial charge on any atom is 0.387 e. The van der Waals surface area contributed by atoms with Crippen LogP contribution in [0, 0.1) is 13.8 Å². The number of ketones is 1. The fraction of sp³-hybridized carbons (Fsp3) is 0.333. The van der Waals surface area contributed by atoms with Crippen molar-refractivity contribution in [2.24, 2.45) is 0 Å². The van der Waals surface area contributed by atoms with E-state index < -0.39 is 23.9 Å². The SMILES string of the molecule is Cc1cc(C(=O)C(C)OC(=O)C(C)Sc2nncs2)c(C)n1-c1ccc(OC(F)F)cc1. The standard InChI is InChI=1S/C21H21F2N3O4S2/c1-11-9-17(12(2)26(11)15-5-7-16(8-6-15)30-20(22)23)18(27)13(3)29-19(28)14(4)32-21-25-24-10-31-21/h5-10,13-14,20H,1-4H3. The molecule has 0 N–H and O–H groups in total. The predicted molar refractivity (Wildman–Crippen MR) is 117 cm³/mol. The first-order valence-corrected chi connectivity index (χ1v) is 11.3. The second-order valence-corrected chi connectivity index (χ2v) is 9.32. The minimum absolute atomic E-state index is 0.0450. The fourth-order valence-corrected chi connectivity index (χ4v) is 4.75. The normalized spacial score (nSPS) is 13.1. The first-order valence-electron chi connectivity index (χ1n) is 9.59. The number of aryl methyl sites for hydroxylation is 1. The quantitative estimate of drug-likeness (QED) is 0.246. The number of alkyl halides is 2. The lowest BCUT2D eigenvalue weighted by atomic mass is 10.1. The minimum Gasteiger partial charge on any atom is -0.453 e. The highest BCUT2D eigenvalue weighted by molar-refractivity contribution is 8.02. The van der Waals surface area contributed by atoms with Crippen LogP contribution in [0.3, 0.4) is 0 Å². The van der Waals surface area contributed by atoms with Crippen molar-refractivity contribution in [3.05, 3.63) is 52.8 Å². The molecule has 3 rings (SSSR count). The number of esters is 1. The van der Waals surface area contributed by atoms with Gasteiger partial charge in [0.05, 0.1) is 0 Å². The van der Waals surface area contributed by atoms with Crippen LogP contribution in [-0.4, -0.2) is 44.5 Å². The molecule has 0 radical (unpaired) electrons. The lowest BCUT2D eigenvalue weighted by molar-refractivity contribution is -0.145. The van der Waals surface area contributed by atoms with Crippen LogP contribution < -0.4 is 4.74 Å². The second-order valence-electron chi connectivity index (χ2n) is 6.90. The third kappa shape index (κ3) is 5.52. The average molecular weight is 482 g/mol. The number of rotatable bonds is 9. The van der Waals surface area contributed by atoms with Gasteiger partial charge in [0.1, 0.15) is 16.5 Å². The van der Waals surface area contributed by atoms with E-state index in [-0.39, 0.29) is 11.5 Å². The molecule has 2 aromatic heterocycles. The number of thioether (sulfide) groups is 1. The number of halogens is 2. The first kappa shape index (κ1) is 23.9. The largest absolute Gasteiger partial charge is 0.453 e. The van der Waals surface area contributed by atoms with Crippen molar-refractivity contribution in [3.8, 4) is 11.4 Å². The molecule has 7 nitrogen and oxygen atoms in total. The summed E-state index contributed by atoms with van der Waals surface area (Å²) in [6.45, 7) is 3.91. The fourth-order valence-electron chi connectivity index (χ4n) is 3.14. The van der Waals surface area contributed by atoms with Gasteiger partial charge in [0.15, 0.2) is 10.4 Å². The lowest BCUT2D eigenvalue weighted by Crippen LogP contribution is -2.28. The van der Waals surface area contributed by atoms with Crippen molar-refractivity contribution in [3.63, 3.8) is 0 Å². The Bertz CT molecular complexity index is 1090. The van der Waals surface area contributed by atoms with Crippen LogP contribution in [0.1, 0.15) is 35.6 Å². The molecule has 2 unspecified atom stereocenters. The Morgan fingerprint density at radius 1 is 1.16 bits per heavy atom. The maximum absolute atomic E-state index is 13.0. The summed E-state index contributed by atoms with van der Waals surface area (Å²) in [5, 5.41) is 7.06. The van der Waals surface area contributed by atoms with E-state index in [1.807, 2.05) is 11.5 Å². The lowest BCUT2D eigenvalue weighted by Gasteiger charge is -2.15. The molecule has 0 saturated heterocycles. The third-order valence-corrected chi connectivity index (χ3v) is 6.52. The summed E-state index contributed by atoms with van der Waals surface area (Å²) in [5.74, 6) is -0.804. The topological polar surface area (TPSA) is 83.3 Å². The minimum atomic E-state index is -2.90. The number of carbonyl (C=O) groups excluding carboxylic acids is 2. The van der Waals surface area contributed by atoms with Gasteiger partial charge in [-0.2, -0.15) is 8.78 Å². The molecule has 3 aromatic rings. The van der Waals surface area contributed by atoms with Gasteiger partial charge in [-0.25, -0.2) is 0 Å². The van der Waals surface area contributed by atoms with Crippen LogP contribution in [0.2, 0.25) is 0 Å². The summed E-state index contributed by atoms with van der Waals surface area (Å²) in [4.78, 5) is 25.4. The van der Waals surface area contributed by atoms with Gasteiger partial charge in [0.25, 0.3) is 0 Å². The number of carbonyl (C=O) groups is 2. The zero-order valence-corrected chi connectivity index (χ0v) is 19.4. The summed E-state index contributed by atoms with van der Waals surface area (Å²) in [7, 11) is 0. The van der Waals surface area contributed by atoms with Gasteiger partial charge < -0.3 is 14.0 Å². The predicted octanol–water partition coefficient (Wildman–Crippen LogP) is 4.84. The highest BCUT2D eigenvalue weighted by Gasteiger charge is 2.27. The van der Waals surface area contributed by atoms with Crippen LogP contribution >= 0.6 is 23.1 Å². The molecule has 0 fully saturated rings. The summed E-state index contributed by atoms with van der Waals surface area (Å²) >= 11 is 2.53. The number of nitrogens with zero attached hydrogens (tertiary/aromatic N) is 3. The Balaban J connectivity index is 1.72. The monoisotopic (exact) mass is 481 g/mol. The number of aromatic nitrogens is 3. The highest BCUT2D eigenvalue weighted by Crippen LogP contribution is 2.27. The van der Waals surface area contributed by atoms with E-state index in [9.17, 15) is 18.4 Å². The molecule has 2 atom stereocenters. The molecule has 0 aliphatic carbocycles. The van der Waals surface area contributed by atoms with Crippen LogP contribution in [0.5, 0.6) is 5.75 Å². The molecule has 170 valence electrons. The van der Waals surface area contributed by atoms with Crippen molar-refractivity contribution in [2.45, 2.75) is 50.0 Å². The van der Waals surface area contributed by atoms with Crippen LogP contribution in [0.25, 0.3) is 5.69 Å². The van der Waals surface area contributed by atoms with Crippen molar-refractivity contribution >= 4 is 34.9 Å². The van der Waals surface area contributed by atoms with E-state index in [1.165, 1.54) is 42.2 Å². The number of benzene rings is 1. The van der Waals surface area contributed by atoms with Gasteiger partial charge in [-0.1, -0.05) is 23.1 Å². The van der Waals surface area contributed by atoms with Crippen molar-refractivity contribution in [1.82, 2.24) is 14.8 Å². The van der Waals surface area contributed by atoms with E-state index in [4.69, 9.17) is 4.74 Å². The van der Waals surface area contributed by atoms with Crippen LogP contribution in [0.4, 0.5) is 8.78 Å². The Morgan fingerprint density at radius 3 is 2.44 bits per heavy atom. The molecular formula is C21H21F2N3O4S2. The Hall–Kier alpha value is -2.79. The zero-order chi connectivity index (χ0) is 23.4. The van der Waals surface area contributed by atoms with Gasteiger partial charge in [0, 0.05) is 22.6 Å². The average Bonchev–Trinajstić information content (AvgIpc) is 3.35. The summed E-state index contributed by atoms with van der Waals surface area (Å²) < 4.78 is 37.0. The molecular weight excluding hydrogens is 460 g/mol. The molecule has 0 aliphatic heterocycles. The Morgan fingerprint density at radius 2 is 1.84 bits per heavy atom. The first-order chi connectivity index (χ1) is 15.2. The van der Waals surface area contributed by atoms with E-state index in [1.54, 1.807) is 37.6 Å². The maximum atomic E-state index is 13.0. The molecule has 11 heteroatoms. The smallest absolute Gasteiger partial charge is 0.387 e. The van der Waals surface area contributed by atoms with Gasteiger partial charge >= 0.3 is 12.6 Å². The van der Waals surface area contributed by atoms with Crippen molar-refractivity contribution < 1.29 is 27.8 Å². The summed E-state index contributed by atoms with van der Waals surface area (Å²) in [5.41, 5.74) is 4.09. The molecule has 0 amide bonds. The Labute approximate surface area is 191 Å². The number of Topliss-reactive ketones (excluding diaryl/α,β-unsaturated/α-hetero) is 1. The number of hydrogen-bond donors (Lipinski definition) is 0. The molecule has 2 heterocycles. The summed E-state index contributed by atoms with van der Waals surface area (Å²) in [6, 6.07) is 7.83. The number of hydrogen-bond acceptors (Lipinski definition) is 8. The molecule has 0 spiro atoms. The zero-order valence-electron chi connectivity index (χ0n) is 17.7. The number of ether oxygens (including phenoxy) is 2. The third-order valence-electron chi connectivity index (χ3n) is 4.63. The van der Waals surface area contributed by atoms with E-state index in [2.05, 4.69) is 14.9 Å². The van der Waals surface area contributed by atoms with Gasteiger partial charge in [-0.15, -0.1) is 10.2 Å². The second kappa shape index (κ2) is 10.2.